The number of hydrogen-bond acceptors (Lipinski definition) is 5. The fourth-order valence-corrected chi connectivity index (χ4v) is 1.86. The summed E-state index contributed by atoms with van der Waals surface area (Å²) in [4.78, 5) is 15.0. The number of ether oxygens (including phenoxy) is 1. The molecule has 18 heavy (non-hydrogen) atoms. The molecule has 2 heterocycles. The molecule has 0 spiro atoms. The zero-order valence-corrected chi connectivity index (χ0v) is 9.41. The van der Waals surface area contributed by atoms with Gasteiger partial charge in [-0.2, -0.15) is 4.98 Å². The Morgan fingerprint density at radius 2 is 2.56 bits per heavy atom. The van der Waals surface area contributed by atoms with Crippen molar-refractivity contribution in [1.82, 2.24) is 9.55 Å². The smallest absolute Gasteiger partial charge is 0.351 e. The molecule has 1 aromatic heterocycles. The van der Waals surface area contributed by atoms with Crippen LogP contribution in [-0.2, 0) is 4.74 Å². The molecule has 0 aliphatic carbocycles. The molecule has 3 N–H and O–H groups in total. The number of aromatic nitrogens is 2. The van der Waals surface area contributed by atoms with Crippen molar-refractivity contribution in [3.63, 3.8) is 0 Å². The molecule has 1 aliphatic rings. The molecule has 0 amide bonds. The zero-order chi connectivity index (χ0) is 13.3. The first-order chi connectivity index (χ1) is 8.51. The SMILES string of the molecule is C#C[C@@]1(CO)C[C@H](F)C(n2ccc(N)nc2=O)O1. The topological polar surface area (TPSA) is 90.4 Å². The number of nitrogen functional groups attached to an aromatic ring is 1. The van der Waals surface area contributed by atoms with Crippen LogP contribution in [-0.4, -0.2) is 33.0 Å². The van der Waals surface area contributed by atoms with Crippen LogP contribution in [0.5, 0.6) is 0 Å². The van der Waals surface area contributed by atoms with E-state index in [9.17, 15) is 9.18 Å². The highest BCUT2D eigenvalue weighted by Gasteiger charge is 2.47. The van der Waals surface area contributed by atoms with E-state index >= 15 is 0 Å². The van der Waals surface area contributed by atoms with Crippen molar-refractivity contribution in [2.45, 2.75) is 24.4 Å². The van der Waals surface area contributed by atoms with Gasteiger partial charge in [0.05, 0.1) is 6.61 Å². The second kappa shape index (κ2) is 4.40. The van der Waals surface area contributed by atoms with Crippen molar-refractivity contribution in [3.05, 3.63) is 22.7 Å². The summed E-state index contributed by atoms with van der Waals surface area (Å²) in [5.41, 5.74) is 3.21. The Bertz CT molecular complexity index is 553. The molecule has 0 bridgehead atoms. The van der Waals surface area contributed by atoms with Crippen LogP contribution in [0.1, 0.15) is 12.6 Å². The lowest BCUT2D eigenvalue weighted by Gasteiger charge is -2.21. The normalized spacial score (nSPS) is 31.2. The molecule has 96 valence electrons. The first kappa shape index (κ1) is 12.5. The number of hydrogen-bond donors (Lipinski definition) is 2. The van der Waals surface area contributed by atoms with E-state index in [2.05, 4.69) is 10.9 Å². The van der Waals surface area contributed by atoms with Gasteiger partial charge < -0.3 is 15.6 Å². The summed E-state index contributed by atoms with van der Waals surface area (Å²) in [6.07, 6.45) is 3.62. The third-order valence-corrected chi connectivity index (χ3v) is 2.82. The molecule has 1 aromatic rings. The number of nitrogens with two attached hydrogens (primary N) is 1. The summed E-state index contributed by atoms with van der Waals surface area (Å²) in [5, 5.41) is 9.16. The van der Waals surface area contributed by atoms with Gasteiger partial charge >= 0.3 is 5.69 Å². The molecule has 1 unspecified atom stereocenters. The first-order valence-corrected chi connectivity index (χ1v) is 5.26. The Labute approximate surface area is 102 Å². The fraction of sp³-hybridized carbons (Fsp3) is 0.455. The lowest BCUT2D eigenvalue weighted by Crippen LogP contribution is -2.33. The third-order valence-electron chi connectivity index (χ3n) is 2.82. The zero-order valence-electron chi connectivity index (χ0n) is 9.41. The van der Waals surface area contributed by atoms with E-state index < -0.39 is 30.3 Å². The second-order valence-corrected chi connectivity index (χ2v) is 4.07. The molecule has 0 radical (unpaired) electrons. The minimum atomic E-state index is -1.50. The summed E-state index contributed by atoms with van der Waals surface area (Å²) in [5.74, 6) is 2.25. The average Bonchev–Trinajstić information content (AvgIpc) is 2.67. The molecule has 1 fully saturated rings. The maximum absolute atomic E-state index is 13.9. The summed E-state index contributed by atoms with van der Waals surface area (Å²) in [6, 6.07) is 1.35. The lowest BCUT2D eigenvalue weighted by molar-refractivity contribution is -0.0742. The van der Waals surface area contributed by atoms with Gasteiger partial charge in [0.1, 0.15) is 12.0 Å². The molecular formula is C11H12FN3O3. The number of terminal acetylenes is 1. The summed E-state index contributed by atoms with van der Waals surface area (Å²) in [7, 11) is 0. The van der Waals surface area contributed by atoms with Crippen molar-refractivity contribution in [2.75, 3.05) is 12.3 Å². The average molecular weight is 253 g/mol. The Morgan fingerprint density at radius 3 is 3.06 bits per heavy atom. The van der Waals surface area contributed by atoms with Crippen LogP contribution in [0.15, 0.2) is 17.1 Å². The van der Waals surface area contributed by atoms with Gasteiger partial charge in [-0.3, -0.25) is 4.57 Å². The van der Waals surface area contributed by atoms with Gasteiger partial charge in [-0.1, -0.05) is 5.92 Å². The minimum Gasteiger partial charge on any atom is -0.392 e. The predicted molar refractivity (Wildman–Crippen MR) is 61.2 cm³/mol. The second-order valence-electron chi connectivity index (χ2n) is 4.07. The highest BCUT2D eigenvalue weighted by molar-refractivity contribution is 5.24. The van der Waals surface area contributed by atoms with Gasteiger partial charge in [-0.15, -0.1) is 6.42 Å². The van der Waals surface area contributed by atoms with Crippen LogP contribution in [0.25, 0.3) is 0 Å². The number of rotatable bonds is 2. The van der Waals surface area contributed by atoms with Crippen LogP contribution in [0.4, 0.5) is 10.2 Å². The monoisotopic (exact) mass is 253 g/mol. The van der Waals surface area contributed by atoms with Crippen LogP contribution in [0.3, 0.4) is 0 Å². The summed E-state index contributed by atoms with van der Waals surface area (Å²) >= 11 is 0. The highest BCUT2D eigenvalue weighted by atomic mass is 19.1. The van der Waals surface area contributed by atoms with Crippen LogP contribution >= 0.6 is 0 Å². The molecule has 1 saturated heterocycles. The standard InChI is InChI=1S/C11H12FN3O3/c1-2-11(6-16)5-7(12)9(18-11)15-4-3-8(13)14-10(15)17/h1,3-4,7,9,16H,5-6H2,(H2,13,14,17)/t7-,9?,11-/m0/s1. The van der Waals surface area contributed by atoms with Gasteiger partial charge in [0.2, 0.25) is 0 Å². The van der Waals surface area contributed by atoms with Gasteiger partial charge in [0, 0.05) is 12.6 Å². The van der Waals surface area contributed by atoms with E-state index in [0.29, 0.717) is 0 Å². The fourth-order valence-electron chi connectivity index (χ4n) is 1.86. The highest BCUT2D eigenvalue weighted by Crippen LogP contribution is 2.37. The Hall–Kier alpha value is -1.91. The van der Waals surface area contributed by atoms with Gasteiger partial charge in [0.25, 0.3) is 0 Å². The molecule has 6 nitrogen and oxygen atoms in total. The molecule has 7 heteroatoms. The van der Waals surface area contributed by atoms with Crippen molar-refractivity contribution in [2.24, 2.45) is 0 Å². The van der Waals surface area contributed by atoms with Crippen LogP contribution < -0.4 is 11.4 Å². The maximum atomic E-state index is 13.9. The van der Waals surface area contributed by atoms with E-state index in [1.807, 2.05) is 0 Å². The summed E-state index contributed by atoms with van der Waals surface area (Å²) < 4.78 is 20.1. The quantitative estimate of drug-likeness (QED) is 0.690. The number of aliphatic hydroxyl groups is 1. The Kier molecular flexibility index (Phi) is 3.07. The molecular weight excluding hydrogens is 241 g/mol. The van der Waals surface area contributed by atoms with Crippen molar-refractivity contribution < 1.29 is 14.2 Å². The molecule has 1 aliphatic heterocycles. The number of aliphatic hydroxyl groups excluding tert-OH is 1. The number of alkyl halides is 1. The largest absolute Gasteiger partial charge is 0.392 e. The van der Waals surface area contributed by atoms with E-state index in [-0.39, 0.29) is 12.2 Å². The number of nitrogens with zero attached hydrogens (tertiary/aromatic N) is 2. The van der Waals surface area contributed by atoms with Gasteiger partial charge in [-0.25, -0.2) is 9.18 Å². The van der Waals surface area contributed by atoms with E-state index in [1.54, 1.807) is 0 Å². The van der Waals surface area contributed by atoms with Gasteiger partial charge in [0.15, 0.2) is 11.8 Å². The van der Waals surface area contributed by atoms with E-state index in [0.717, 1.165) is 4.57 Å². The minimum absolute atomic E-state index is 0.0371. The van der Waals surface area contributed by atoms with E-state index in [4.69, 9.17) is 22.0 Å². The molecule has 0 aromatic carbocycles. The maximum Gasteiger partial charge on any atom is 0.351 e. The lowest BCUT2D eigenvalue weighted by atomic mass is 10.0. The van der Waals surface area contributed by atoms with Crippen molar-refractivity contribution >= 4 is 5.82 Å². The Morgan fingerprint density at radius 1 is 1.83 bits per heavy atom. The van der Waals surface area contributed by atoms with E-state index in [1.165, 1.54) is 12.3 Å². The first-order valence-electron chi connectivity index (χ1n) is 5.26. The van der Waals surface area contributed by atoms with Crippen LogP contribution in [0.2, 0.25) is 0 Å². The van der Waals surface area contributed by atoms with Crippen LogP contribution in [0, 0.1) is 12.3 Å². The number of halogens is 1. The van der Waals surface area contributed by atoms with Gasteiger partial charge in [-0.05, 0) is 6.07 Å². The number of anilines is 1. The Balaban J connectivity index is 2.36. The van der Waals surface area contributed by atoms with Crippen molar-refractivity contribution in [1.29, 1.82) is 0 Å². The summed E-state index contributed by atoms with van der Waals surface area (Å²) in [6.45, 7) is -0.516. The predicted octanol–water partition coefficient (Wildman–Crippen LogP) is -0.553. The molecule has 3 atom stereocenters. The van der Waals surface area contributed by atoms with Crippen molar-refractivity contribution in [3.8, 4) is 12.3 Å². The molecule has 2 rings (SSSR count). The third kappa shape index (κ3) is 1.96. The molecule has 0 saturated carbocycles.